The van der Waals surface area contributed by atoms with Crippen LogP contribution in [0.3, 0.4) is 0 Å². The number of amides is 2. The number of nitrogens with zero attached hydrogens (tertiary/aromatic N) is 7. The SMILES string of the molecule is Cc1cc(-c2ccnc(Nc3cnn(CCN4CCCCC4c4ncccc4C)c3)n2)ccc1CNC(=O)N1CC(OC(C)C)C1. The summed E-state index contributed by atoms with van der Waals surface area (Å²) in [5.74, 6) is 0.516. The maximum Gasteiger partial charge on any atom is 0.317 e. The monoisotopic (exact) mass is 623 g/mol. The van der Waals surface area contributed by atoms with Gasteiger partial charge in [0.05, 0.1) is 61.2 Å². The summed E-state index contributed by atoms with van der Waals surface area (Å²) in [5, 5.41) is 10.9. The Balaban J connectivity index is 1.02. The molecule has 1 unspecified atom stereocenters. The molecule has 0 aliphatic carbocycles. The van der Waals surface area contributed by atoms with Crippen LogP contribution in [-0.2, 0) is 17.8 Å². The first-order chi connectivity index (χ1) is 22.3. The molecule has 242 valence electrons. The van der Waals surface area contributed by atoms with Crippen molar-refractivity contribution in [2.45, 2.75) is 78.3 Å². The van der Waals surface area contributed by atoms with E-state index in [0.717, 1.165) is 54.1 Å². The maximum absolute atomic E-state index is 12.5. The lowest BCUT2D eigenvalue weighted by molar-refractivity contribution is -0.0641. The number of likely N-dealkylation sites (tertiary alicyclic amines) is 2. The molecule has 11 heteroatoms. The van der Waals surface area contributed by atoms with E-state index in [0.29, 0.717) is 31.6 Å². The zero-order chi connectivity index (χ0) is 32.0. The van der Waals surface area contributed by atoms with Gasteiger partial charge in [-0.1, -0.05) is 24.6 Å². The van der Waals surface area contributed by atoms with Crippen molar-refractivity contribution in [1.82, 2.24) is 39.8 Å². The van der Waals surface area contributed by atoms with Crippen molar-refractivity contribution in [3.63, 3.8) is 0 Å². The zero-order valence-corrected chi connectivity index (χ0v) is 27.3. The molecule has 2 saturated heterocycles. The van der Waals surface area contributed by atoms with Crippen LogP contribution in [0.5, 0.6) is 0 Å². The number of ether oxygens (including phenoxy) is 1. The summed E-state index contributed by atoms with van der Waals surface area (Å²) in [4.78, 5) is 30.8. The predicted molar refractivity (Wildman–Crippen MR) is 179 cm³/mol. The third kappa shape index (κ3) is 7.71. The predicted octanol–water partition coefficient (Wildman–Crippen LogP) is 5.64. The molecule has 0 spiro atoms. The molecular weight excluding hydrogens is 578 g/mol. The largest absolute Gasteiger partial charge is 0.372 e. The van der Waals surface area contributed by atoms with E-state index in [-0.39, 0.29) is 18.2 Å². The quantitative estimate of drug-likeness (QED) is 0.221. The standard InChI is InChI=1S/C35H45N9O2/c1-24(2)46-30-22-43(23-30)35(45)38-19-28-11-10-27(18-26(28)4)31-12-14-37-34(41-31)40-29-20-39-44(21-29)17-16-42-15-6-5-9-32(42)33-25(3)8-7-13-36-33/h7-8,10-14,18,20-21,24,30,32H,5-6,9,15-17,19,22-23H2,1-4H3,(H,38,45)(H,37,40,41). The number of benzene rings is 1. The number of nitrogens with one attached hydrogen (secondary N) is 2. The molecule has 46 heavy (non-hydrogen) atoms. The molecule has 2 N–H and O–H groups in total. The lowest BCUT2D eigenvalue weighted by Gasteiger charge is -2.39. The smallest absolute Gasteiger partial charge is 0.317 e. The minimum absolute atomic E-state index is 0.0582. The van der Waals surface area contributed by atoms with Gasteiger partial charge in [-0.05, 0) is 82.0 Å². The van der Waals surface area contributed by atoms with Gasteiger partial charge in [0, 0.05) is 37.2 Å². The van der Waals surface area contributed by atoms with Crippen molar-refractivity contribution in [2.24, 2.45) is 0 Å². The minimum Gasteiger partial charge on any atom is -0.372 e. The van der Waals surface area contributed by atoms with Gasteiger partial charge in [0.15, 0.2) is 0 Å². The van der Waals surface area contributed by atoms with E-state index in [9.17, 15) is 4.79 Å². The van der Waals surface area contributed by atoms with Gasteiger partial charge >= 0.3 is 6.03 Å². The van der Waals surface area contributed by atoms with E-state index >= 15 is 0 Å². The Morgan fingerprint density at radius 1 is 1.04 bits per heavy atom. The molecule has 6 rings (SSSR count). The molecule has 4 aromatic rings. The van der Waals surface area contributed by atoms with Crippen LogP contribution in [0.1, 0.15) is 61.5 Å². The van der Waals surface area contributed by atoms with Gasteiger partial charge in [-0.15, -0.1) is 0 Å². The van der Waals surface area contributed by atoms with E-state index < -0.39 is 0 Å². The average molecular weight is 624 g/mol. The highest BCUT2D eigenvalue weighted by Gasteiger charge is 2.32. The molecular formula is C35H45N9O2. The van der Waals surface area contributed by atoms with Gasteiger partial charge in [-0.25, -0.2) is 14.8 Å². The van der Waals surface area contributed by atoms with Crippen molar-refractivity contribution in [2.75, 3.05) is 31.5 Å². The number of hydrogen-bond acceptors (Lipinski definition) is 8. The first kappa shape index (κ1) is 31.6. The minimum atomic E-state index is -0.0582. The van der Waals surface area contributed by atoms with Crippen LogP contribution in [0.15, 0.2) is 61.2 Å². The number of carbonyl (C=O) groups excluding carboxylic acids is 1. The third-order valence-corrected chi connectivity index (χ3v) is 8.81. The second-order valence-electron chi connectivity index (χ2n) is 12.6. The molecule has 0 bridgehead atoms. The molecule has 5 heterocycles. The topological polar surface area (TPSA) is 113 Å². The van der Waals surface area contributed by atoms with Crippen LogP contribution < -0.4 is 10.6 Å². The summed E-state index contributed by atoms with van der Waals surface area (Å²) in [6, 6.07) is 12.6. The lowest BCUT2D eigenvalue weighted by Crippen LogP contribution is -2.58. The fourth-order valence-corrected chi connectivity index (χ4v) is 6.32. The van der Waals surface area contributed by atoms with Crippen LogP contribution in [0.2, 0.25) is 0 Å². The number of anilines is 2. The normalized spacial score (nSPS) is 17.2. The Kier molecular flexibility index (Phi) is 9.89. The summed E-state index contributed by atoms with van der Waals surface area (Å²) in [6.07, 6.45) is 11.4. The van der Waals surface area contributed by atoms with Crippen molar-refractivity contribution >= 4 is 17.7 Å². The number of piperidine rings is 1. The van der Waals surface area contributed by atoms with Crippen LogP contribution in [0.25, 0.3) is 11.3 Å². The Bertz CT molecular complexity index is 1630. The maximum atomic E-state index is 12.5. The Hall–Kier alpha value is -4.35. The van der Waals surface area contributed by atoms with Crippen molar-refractivity contribution in [3.05, 3.63) is 83.6 Å². The highest BCUT2D eigenvalue weighted by molar-refractivity contribution is 5.75. The van der Waals surface area contributed by atoms with Crippen molar-refractivity contribution in [1.29, 1.82) is 0 Å². The number of rotatable bonds is 11. The Morgan fingerprint density at radius 2 is 1.91 bits per heavy atom. The van der Waals surface area contributed by atoms with E-state index in [1.54, 1.807) is 11.1 Å². The molecule has 2 fully saturated rings. The summed E-state index contributed by atoms with van der Waals surface area (Å²) in [6.45, 7) is 12.8. The molecule has 2 amide bonds. The second kappa shape index (κ2) is 14.4. The first-order valence-electron chi connectivity index (χ1n) is 16.4. The summed E-state index contributed by atoms with van der Waals surface area (Å²) in [5.41, 5.74) is 7.28. The van der Waals surface area contributed by atoms with Crippen molar-refractivity contribution < 1.29 is 9.53 Å². The van der Waals surface area contributed by atoms with Crippen LogP contribution in [0, 0.1) is 13.8 Å². The fraction of sp³-hybridized carbons (Fsp3) is 0.457. The van der Waals surface area contributed by atoms with Gasteiger partial charge in [0.1, 0.15) is 0 Å². The van der Waals surface area contributed by atoms with Gasteiger partial charge in [-0.3, -0.25) is 14.6 Å². The van der Waals surface area contributed by atoms with Crippen molar-refractivity contribution in [3.8, 4) is 11.3 Å². The summed E-state index contributed by atoms with van der Waals surface area (Å²) >= 11 is 0. The average Bonchev–Trinajstić information content (AvgIpc) is 3.48. The highest BCUT2D eigenvalue weighted by atomic mass is 16.5. The number of aromatic nitrogens is 5. The van der Waals surface area contributed by atoms with E-state index in [1.807, 2.05) is 61.4 Å². The second-order valence-corrected chi connectivity index (χ2v) is 12.6. The highest BCUT2D eigenvalue weighted by Crippen LogP contribution is 2.31. The number of carbonyl (C=O) groups is 1. The molecule has 0 radical (unpaired) electrons. The molecule has 0 saturated carbocycles. The number of urea groups is 1. The molecule has 2 aliphatic heterocycles. The molecule has 1 aromatic carbocycles. The van der Waals surface area contributed by atoms with Gasteiger partial charge in [0.2, 0.25) is 5.95 Å². The summed E-state index contributed by atoms with van der Waals surface area (Å²) < 4.78 is 7.73. The Labute approximate surface area is 271 Å². The van der Waals surface area contributed by atoms with Gasteiger partial charge < -0.3 is 20.3 Å². The van der Waals surface area contributed by atoms with Crippen LogP contribution in [0.4, 0.5) is 16.4 Å². The first-order valence-corrected chi connectivity index (χ1v) is 16.4. The Morgan fingerprint density at radius 3 is 2.72 bits per heavy atom. The molecule has 2 aliphatic rings. The fourth-order valence-electron chi connectivity index (χ4n) is 6.32. The van der Waals surface area contributed by atoms with Crippen LogP contribution in [-0.4, -0.2) is 79.0 Å². The molecule has 3 aromatic heterocycles. The van der Waals surface area contributed by atoms with Gasteiger partial charge in [0.25, 0.3) is 0 Å². The lowest BCUT2D eigenvalue weighted by atomic mass is 9.96. The van der Waals surface area contributed by atoms with E-state index in [2.05, 4.69) is 51.6 Å². The molecule has 1 atom stereocenters. The zero-order valence-electron chi connectivity index (χ0n) is 27.3. The number of aryl methyl sites for hydroxylation is 2. The summed E-state index contributed by atoms with van der Waals surface area (Å²) in [7, 11) is 0. The van der Waals surface area contributed by atoms with Crippen LogP contribution >= 0.6 is 0 Å². The molecule has 11 nitrogen and oxygen atoms in total. The number of pyridine rings is 1. The third-order valence-electron chi connectivity index (χ3n) is 8.81. The van der Waals surface area contributed by atoms with E-state index in [1.165, 1.54) is 24.1 Å². The van der Waals surface area contributed by atoms with E-state index in [4.69, 9.17) is 14.7 Å². The van der Waals surface area contributed by atoms with Gasteiger partial charge in [-0.2, -0.15) is 5.10 Å². The number of hydrogen-bond donors (Lipinski definition) is 2.